The van der Waals surface area contributed by atoms with Gasteiger partial charge in [0.25, 0.3) is 0 Å². The number of hydrogen-bond acceptors (Lipinski definition) is 5. The van der Waals surface area contributed by atoms with Crippen molar-refractivity contribution in [3.05, 3.63) is 86.9 Å². The molecule has 7 heteroatoms. The highest BCUT2D eigenvalue weighted by Crippen LogP contribution is 2.51. The fourth-order valence-corrected chi connectivity index (χ4v) is 4.81. The number of hydrogen-bond donors (Lipinski definition) is 0. The lowest BCUT2D eigenvalue weighted by molar-refractivity contribution is -0.0189. The molecule has 0 N–H and O–H groups in total. The first-order chi connectivity index (χ1) is 15.5. The number of halogens is 2. The molecule has 0 aliphatic carbocycles. The van der Waals surface area contributed by atoms with Gasteiger partial charge < -0.3 is 14.2 Å². The van der Waals surface area contributed by atoms with Crippen LogP contribution in [0.2, 0.25) is 10.0 Å². The predicted octanol–water partition coefficient (Wildman–Crippen LogP) is 6.56. The lowest BCUT2D eigenvalue weighted by atomic mass is 9.95. The molecule has 32 heavy (non-hydrogen) atoms. The van der Waals surface area contributed by atoms with Crippen molar-refractivity contribution < 1.29 is 14.2 Å². The van der Waals surface area contributed by atoms with Crippen LogP contribution in [0.1, 0.15) is 40.9 Å². The molecule has 0 radical (unpaired) electrons. The molecule has 0 unspecified atom stereocenters. The number of benzene rings is 3. The standard InChI is InChI=1S/C25H22Cl2N2O3/c1-14-4-6-15(7-5-14)25-29-21(18-11-17(26)12-19(27)24(18)32-25)13-20(28-29)16-8-9-22(30-2)23(10-16)31-3/h4-12,21,25H,13H2,1-3H3/t21-,25-/m0/s1. The van der Waals surface area contributed by atoms with E-state index in [0.717, 1.165) is 22.4 Å². The van der Waals surface area contributed by atoms with Gasteiger partial charge in [-0.3, -0.25) is 0 Å². The number of methoxy groups -OCH3 is 2. The van der Waals surface area contributed by atoms with Crippen LogP contribution in [0.3, 0.4) is 0 Å². The van der Waals surface area contributed by atoms with Gasteiger partial charge in [0.2, 0.25) is 6.23 Å². The Morgan fingerprint density at radius 3 is 2.44 bits per heavy atom. The Hall–Kier alpha value is -2.89. The van der Waals surface area contributed by atoms with E-state index >= 15 is 0 Å². The molecule has 164 valence electrons. The molecule has 2 atom stereocenters. The first-order valence-electron chi connectivity index (χ1n) is 10.3. The second-order valence-electron chi connectivity index (χ2n) is 7.90. The Kier molecular flexibility index (Phi) is 5.39. The normalized spacial score (nSPS) is 19.0. The molecular formula is C25H22Cl2N2O3. The maximum absolute atomic E-state index is 6.55. The Bertz CT molecular complexity index is 1210. The summed E-state index contributed by atoms with van der Waals surface area (Å²) in [6, 6.07) is 17.7. The Labute approximate surface area is 197 Å². The van der Waals surface area contributed by atoms with Crippen molar-refractivity contribution in [1.82, 2.24) is 5.01 Å². The van der Waals surface area contributed by atoms with E-state index in [1.807, 2.05) is 29.3 Å². The lowest BCUT2D eigenvalue weighted by Crippen LogP contribution is -2.33. The van der Waals surface area contributed by atoms with Crippen molar-refractivity contribution in [2.24, 2.45) is 5.10 Å². The molecular weight excluding hydrogens is 447 g/mol. The third-order valence-corrected chi connectivity index (χ3v) is 6.39. The van der Waals surface area contributed by atoms with Crippen LogP contribution in [0, 0.1) is 6.92 Å². The maximum Gasteiger partial charge on any atom is 0.213 e. The first kappa shape index (κ1) is 21.0. The average molecular weight is 469 g/mol. The number of fused-ring (bicyclic) bond motifs is 3. The minimum absolute atomic E-state index is 0.0515. The van der Waals surface area contributed by atoms with E-state index in [4.69, 9.17) is 42.5 Å². The van der Waals surface area contributed by atoms with Gasteiger partial charge in [-0.25, -0.2) is 5.01 Å². The summed E-state index contributed by atoms with van der Waals surface area (Å²) in [4.78, 5) is 0. The van der Waals surface area contributed by atoms with Gasteiger partial charge in [-0.15, -0.1) is 0 Å². The quantitative estimate of drug-likeness (QED) is 0.434. The molecule has 0 saturated heterocycles. The third kappa shape index (κ3) is 3.55. The highest BCUT2D eigenvalue weighted by atomic mass is 35.5. The highest BCUT2D eigenvalue weighted by Gasteiger charge is 2.42. The second-order valence-corrected chi connectivity index (χ2v) is 8.75. The molecule has 2 aliphatic heterocycles. The van der Waals surface area contributed by atoms with Gasteiger partial charge in [-0.1, -0.05) is 53.0 Å². The topological polar surface area (TPSA) is 43.3 Å². The van der Waals surface area contributed by atoms with E-state index in [0.29, 0.717) is 33.7 Å². The fraction of sp³-hybridized carbons (Fsp3) is 0.240. The van der Waals surface area contributed by atoms with Gasteiger partial charge in [0.05, 0.1) is 31.0 Å². The van der Waals surface area contributed by atoms with Gasteiger partial charge in [-0.2, -0.15) is 5.10 Å². The summed E-state index contributed by atoms with van der Waals surface area (Å²) in [7, 11) is 3.25. The smallest absolute Gasteiger partial charge is 0.213 e. The molecule has 0 spiro atoms. The van der Waals surface area contributed by atoms with Crippen molar-refractivity contribution >= 4 is 28.9 Å². The SMILES string of the molecule is COc1ccc(C2=NN3[C@@H](C2)c2cc(Cl)cc(Cl)c2O[C@H]3c2ccc(C)cc2)cc1OC. The third-order valence-electron chi connectivity index (χ3n) is 5.89. The molecule has 0 saturated carbocycles. The minimum Gasteiger partial charge on any atom is -0.493 e. The molecule has 2 aliphatic rings. The molecule has 0 bridgehead atoms. The summed E-state index contributed by atoms with van der Waals surface area (Å²) in [6.45, 7) is 2.06. The van der Waals surface area contributed by atoms with Crippen LogP contribution in [-0.2, 0) is 0 Å². The summed E-state index contributed by atoms with van der Waals surface area (Å²) < 4.78 is 17.3. The van der Waals surface area contributed by atoms with Crippen molar-refractivity contribution in [1.29, 1.82) is 0 Å². The van der Waals surface area contributed by atoms with Crippen molar-refractivity contribution in [3.8, 4) is 17.2 Å². The molecule has 2 heterocycles. The number of rotatable bonds is 4. The van der Waals surface area contributed by atoms with Crippen molar-refractivity contribution in [2.45, 2.75) is 25.6 Å². The van der Waals surface area contributed by atoms with Gasteiger partial charge >= 0.3 is 0 Å². The zero-order valence-corrected chi connectivity index (χ0v) is 19.4. The summed E-state index contributed by atoms with van der Waals surface area (Å²) in [5, 5.41) is 8.08. The lowest BCUT2D eigenvalue weighted by Gasteiger charge is -2.38. The van der Waals surface area contributed by atoms with E-state index in [1.54, 1.807) is 20.3 Å². The van der Waals surface area contributed by atoms with Crippen LogP contribution < -0.4 is 14.2 Å². The van der Waals surface area contributed by atoms with Crippen LogP contribution in [0.15, 0.2) is 59.7 Å². The second kappa shape index (κ2) is 8.23. The van der Waals surface area contributed by atoms with E-state index < -0.39 is 6.23 Å². The average Bonchev–Trinajstić information content (AvgIpc) is 3.25. The van der Waals surface area contributed by atoms with E-state index in [9.17, 15) is 0 Å². The summed E-state index contributed by atoms with van der Waals surface area (Å²) in [5.74, 6) is 2.00. The molecule has 3 aromatic carbocycles. The monoisotopic (exact) mass is 468 g/mol. The zero-order valence-electron chi connectivity index (χ0n) is 17.9. The van der Waals surface area contributed by atoms with E-state index in [-0.39, 0.29) is 6.04 Å². The highest BCUT2D eigenvalue weighted by molar-refractivity contribution is 6.35. The van der Waals surface area contributed by atoms with Gasteiger partial charge in [0.15, 0.2) is 11.5 Å². The molecule has 5 nitrogen and oxygen atoms in total. The minimum atomic E-state index is -0.399. The van der Waals surface area contributed by atoms with Crippen LogP contribution >= 0.6 is 23.2 Å². The van der Waals surface area contributed by atoms with Crippen molar-refractivity contribution in [2.75, 3.05) is 14.2 Å². The van der Waals surface area contributed by atoms with Gasteiger partial charge in [0.1, 0.15) is 5.75 Å². The summed E-state index contributed by atoms with van der Waals surface area (Å²) in [5.41, 5.74) is 5.02. The van der Waals surface area contributed by atoms with Crippen LogP contribution in [0.25, 0.3) is 0 Å². The van der Waals surface area contributed by atoms with Gasteiger partial charge in [-0.05, 0) is 37.3 Å². The number of hydrazone groups is 1. The summed E-state index contributed by atoms with van der Waals surface area (Å²) in [6.07, 6.45) is 0.287. The number of nitrogens with zero attached hydrogens (tertiary/aromatic N) is 2. The zero-order chi connectivity index (χ0) is 22.4. The first-order valence-corrected chi connectivity index (χ1v) is 11.0. The van der Waals surface area contributed by atoms with E-state index in [2.05, 4.69) is 31.2 Å². The summed E-state index contributed by atoms with van der Waals surface area (Å²) >= 11 is 12.9. The van der Waals surface area contributed by atoms with E-state index in [1.165, 1.54) is 5.56 Å². The predicted molar refractivity (Wildman–Crippen MR) is 126 cm³/mol. The molecule has 0 aromatic heterocycles. The van der Waals surface area contributed by atoms with Crippen LogP contribution in [-0.4, -0.2) is 24.9 Å². The van der Waals surface area contributed by atoms with Gasteiger partial charge in [0, 0.05) is 28.1 Å². The van der Waals surface area contributed by atoms with Crippen LogP contribution in [0.5, 0.6) is 17.2 Å². The Morgan fingerprint density at radius 2 is 1.72 bits per heavy atom. The molecule has 0 fully saturated rings. The number of ether oxygens (including phenoxy) is 3. The molecule has 5 rings (SSSR count). The van der Waals surface area contributed by atoms with Crippen LogP contribution in [0.4, 0.5) is 0 Å². The fourth-order valence-electron chi connectivity index (χ4n) is 4.26. The molecule has 0 amide bonds. The molecule has 3 aromatic rings. The largest absolute Gasteiger partial charge is 0.493 e. The number of aryl methyl sites for hydroxylation is 1. The van der Waals surface area contributed by atoms with Crippen molar-refractivity contribution in [3.63, 3.8) is 0 Å². The Balaban J connectivity index is 1.61. The maximum atomic E-state index is 6.55. The Morgan fingerprint density at radius 1 is 0.969 bits per heavy atom.